The minimum atomic E-state index is -4.23. The third kappa shape index (κ3) is 3.39. The summed E-state index contributed by atoms with van der Waals surface area (Å²) >= 11 is 0. The monoisotopic (exact) mass is 219 g/mol. The van der Waals surface area contributed by atoms with Gasteiger partial charge in [-0.05, 0) is 11.6 Å². The standard InChI is InChI=1S/C9H12F3N3/c1-15(6-9(10,11)12)8-5-14-3-2-7(8)4-13/h2-3,5H,4,6,13H2,1H3. The Labute approximate surface area is 85.7 Å². The first kappa shape index (κ1) is 11.8. The van der Waals surface area contributed by atoms with Crippen LogP contribution in [0.25, 0.3) is 0 Å². The van der Waals surface area contributed by atoms with E-state index in [2.05, 4.69) is 4.98 Å². The lowest BCUT2D eigenvalue weighted by Gasteiger charge is -2.22. The number of pyridine rings is 1. The van der Waals surface area contributed by atoms with E-state index in [4.69, 9.17) is 5.73 Å². The lowest BCUT2D eigenvalue weighted by molar-refractivity contribution is -0.119. The number of hydrogen-bond acceptors (Lipinski definition) is 3. The molecule has 84 valence electrons. The number of halogens is 3. The summed E-state index contributed by atoms with van der Waals surface area (Å²) in [6, 6.07) is 1.61. The van der Waals surface area contributed by atoms with Crippen molar-refractivity contribution < 1.29 is 13.2 Å². The molecule has 0 aliphatic rings. The zero-order valence-electron chi connectivity index (χ0n) is 8.25. The summed E-state index contributed by atoms with van der Waals surface area (Å²) in [5, 5.41) is 0. The fourth-order valence-electron chi connectivity index (χ4n) is 1.29. The molecule has 1 heterocycles. The van der Waals surface area contributed by atoms with Gasteiger partial charge in [-0.25, -0.2) is 0 Å². The second kappa shape index (κ2) is 4.48. The highest BCUT2D eigenvalue weighted by molar-refractivity contribution is 5.51. The molecule has 0 aliphatic carbocycles. The molecule has 0 saturated heterocycles. The summed E-state index contributed by atoms with van der Waals surface area (Å²) in [6.07, 6.45) is -1.34. The molecule has 0 saturated carbocycles. The van der Waals surface area contributed by atoms with Crippen LogP contribution in [0.3, 0.4) is 0 Å². The van der Waals surface area contributed by atoms with Crippen LogP contribution in [0.1, 0.15) is 5.56 Å². The van der Waals surface area contributed by atoms with Crippen LogP contribution in [0.5, 0.6) is 0 Å². The maximum atomic E-state index is 12.1. The van der Waals surface area contributed by atoms with Crippen molar-refractivity contribution >= 4 is 5.69 Å². The first-order chi connectivity index (χ1) is 6.94. The van der Waals surface area contributed by atoms with E-state index in [1.54, 1.807) is 6.07 Å². The molecule has 0 aromatic carbocycles. The van der Waals surface area contributed by atoms with Crippen molar-refractivity contribution in [3.63, 3.8) is 0 Å². The Balaban J connectivity index is 2.86. The number of nitrogens with zero attached hydrogens (tertiary/aromatic N) is 2. The molecule has 0 amide bonds. The summed E-state index contributed by atoms with van der Waals surface area (Å²) in [5.74, 6) is 0. The maximum absolute atomic E-state index is 12.1. The van der Waals surface area contributed by atoms with E-state index >= 15 is 0 Å². The van der Waals surface area contributed by atoms with E-state index in [0.717, 1.165) is 4.90 Å². The summed E-state index contributed by atoms with van der Waals surface area (Å²) in [6.45, 7) is -0.814. The van der Waals surface area contributed by atoms with Gasteiger partial charge in [0.2, 0.25) is 0 Å². The van der Waals surface area contributed by atoms with Gasteiger partial charge in [0.25, 0.3) is 0 Å². The smallest absolute Gasteiger partial charge is 0.364 e. The fraction of sp³-hybridized carbons (Fsp3) is 0.444. The van der Waals surface area contributed by atoms with E-state index in [0.29, 0.717) is 11.3 Å². The molecular formula is C9H12F3N3. The van der Waals surface area contributed by atoms with Gasteiger partial charge in [-0.15, -0.1) is 0 Å². The average Bonchev–Trinajstić information content (AvgIpc) is 2.15. The lowest BCUT2D eigenvalue weighted by atomic mass is 10.2. The van der Waals surface area contributed by atoms with Crippen LogP contribution in [0.4, 0.5) is 18.9 Å². The van der Waals surface area contributed by atoms with Crippen LogP contribution < -0.4 is 10.6 Å². The molecule has 3 nitrogen and oxygen atoms in total. The Kier molecular flexibility index (Phi) is 3.52. The predicted octanol–water partition coefficient (Wildman–Crippen LogP) is 1.54. The molecule has 1 rings (SSSR count). The molecule has 2 N–H and O–H groups in total. The number of hydrogen-bond donors (Lipinski definition) is 1. The molecule has 0 aliphatic heterocycles. The maximum Gasteiger partial charge on any atom is 0.405 e. The molecule has 0 atom stereocenters. The third-order valence-electron chi connectivity index (χ3n) is 1.94. The van der Waals surface area contributed by atoms with E-state index in [-0.39, 0.29) is 6.54 Å². The van der Waals surface area contributed by atoms with Crippen molar-refractivity contribution in [1.29, 1.82) is 0 Å². The Morgan fingerprint density at radius 1 is 1.47 bits per heavy atom. The van der Waals surface area contributed by atoms with Crippen molar-refractivity contribution in [3.05, 3.63) is 24.0 Å². The molecule has 1 aromatic heterocycles. The lowest BCUT2D eigenvalue weighted by Crippen LogP contribution is -2.31. The number of rotatable bonds is 3. The fourth-order valence-corrected chi connectivity index (χ4v) is 1.29. The average molecular weight is 219 g/mol. The van der Waals surface area contributed by atoms with Crippen LogP contribution >= 0.6 is 0 Å². The second-order valence-corrected chi connectivity index (χ2v) is 3.18. The highest BCUT2D eigenvalue weighted by atomic mass is 19.4. The van der Waals surface area contributed by atoms with Crippen LogP contribution in [0, 0.1) is 0 Å². The number of anilines is 1. The van der Waals surface area contributed by atoms with Gasteiger partial charge in [0.15, 0.2) is 0 Å². The van der Waals surface area contributed by atoms with Crippen molar-refractivity contribution in [2.45, 2.75) is 12.7 Å². The van der Waals surface area contributed by atoms with Gasteiger partial charge >= 0.3 is 6.18 Å². The van der Waals surface area contributed by atoms with Crippen LogP contribution in [-0.4, -0.2) is 24.8 Å². The molecule has 0 bridgehead atoms. The first-order valence-electron chi connectivity index (χ1n) is 4.35. The molecule has 0 spiro atoms. The van der Waals surface area contributed by atoms with Crippen LogP contribution in [0.2, 0.25) is 0 Å². The van der Waals surface area contributed by atoms with E-state index in [1.807, 2.05) is 0 Å². The minimum Gasteiger partial charge on any atom is -0.364 e. The molecule has 15 heavy (non-hydrogen) atoms. The van der Waals surface area contributed by atoms with Crippen molar-refractivity contribution in [2.75, 3.05) is 18.5 Å². The summed E-state index contributed by atoms with van der Waals surface area (Å²) in [5.41, 5.74) is 6.48. The quantitative estimate of drug-likeness (QED) is 0.838. The van der Waals surface area contributed by atoms with Crippen LogP contribution in [0.15, 0.2) is 18.5 Å². The number of aromatic nitrogens is 1. The van der Waals surface area contributed by atoms with Crippen molar-refractivity contribution in [3.8, 4) is 0 Å². The Bertz CT molecular complexity index is 325. The summed E-state index contributed by atoms with van der Waals surface area (Å²) < 4.78 is 36.4. The Morgan fingerprint density at radius 2 is 2.13 bits per heavy atom. The topological polar surface area (TPSA) is 42.2 Å². The SMILES string of the molecule is CN(CC(F)(F)F)c1cnccc1CN. The third-order valence-corrected chi connectivity index (χ3v) is 1.94. The summed E-state index contributed by atoms with van der Waals surface area (Å²) in [7, 11) is 1.36. The highest BCUT2D eigenvalue weighted by Gasteiger charge is 2.29. The predicted molar refractivity (Wildman–Crippen MR) is 51.5 cm³/mol. The molecule has 6 heteroatoms. The van der Waals surface area contributed by atoms with E-state index in [9.17, 15) is 13.2 Å². The van der Waals surface area contributed by atoms with Gasteiger partial charge in [0, 0.05) is 19.8 Å². The molecule has 0 unspecified atom stereocenters. The Morgan fingerprint density at radius 3 is 2.67 bits per heavy atom. The highest BCUT2D eigenvalue weighted by Crippen LogP contribution is 2.22. The normalized spacial score (nSPS) is 11.5. The van der Waals surface area contributed by atoms with Gasteiger partial charge in [0.1, 0.15) is 6.54 Å². The van der Waals surface area contributed by atoms with Crippen molar-refractivity contribution in [2.24, 2.45) is 5.73 Å². The zero-order valence-corrected chi connectivity index (χ0v) is 8.25. The number of nitrogens with two attached hydrogens (primary N) is 1. The molecular weight excluding hydrogens is 207 g/mol. The van der Waals surface area contributed by atoms with Gasteiger partial charge in [-0.2, -0.15) is 13.2 Å². The van der Waals surface area contributed by atoms with Gasteiger partial charge in [-0.1, -0.05) is 0 Å². The Hall–Kier alpha value is -1.30. The van der Waals surface area contributed by atoms with E-state index in [1.165, 1.54) is 19.4 Å². The van der Waals surface area contributed by atoms with E-state index < -0.39 is 12.7 Å². The largest absolute Gasteiger partial charge is 0.405 e. The zero-order chi connectivity index (χ0) is 11.5. The molecule has 0 fully saturated rings. The summed E-state index contributed by atoms with van der Waals surface area (Å²) in [4.78, 5) is 4.87. The molecule has 0 radical (unpaired) electrons. The van der Waals surface area contributed by atoms with Crippen molar-refractivity contribution in [1.82, 2.24) is 4.98 Å². The molecule has 1 aromatic rings. The number of alkyl halides is 3. The van der Waals surface area contributed by atoms with Gasteiger partial charge in [-0.3, -0.25) is 4.98 Å². The second-order valence-electron chi connectivity index (χ2n) is 3.18. The van der Waals surface area contributed by atoms with Gasteiger partial charge in [0.05, 0.1) is 11.9 Å². The van der Waals surface area contributed by atoms with Gasteiger partial charge < -0.3 is 10.6 Å². The minimum absolute atomic E-state index is 0.194. The first-order valence-corrected chi connectivity index (χ1v) is 4.35. The van der Waals surface area contributed by atoms with Crippen LogP contribution in [-0.2, 0) is 6.54 Å².